The van der Waals surface area contributed by atoms with E-state index >= 15 is 0 Å². The molecule has 0 spiro atoms. The fourth-order valence-electron chi connectivity index (χ4n) is 0.587. The Morgan fingerprint density at radius 1 is 1.23 bits per heavy atom. The van der Waals surface area contributed by atoms with Gasteiger partial charge in [0.15, 0.2) is 8.38 Å². The van der Waals surface area contributed by atoms with Gasteiger partial charge in [-0.1, -0.05) is 11.6 Å². The van der Waals surface area contributed by atoms with Crippen molar-refractivity contribution in [3.63, 3.8) is 0 Å². The average Bonchev–Trinajstić information content (AvgIpc) is 2.14. The van der Waals surface area contributed by atoms with Crippen molar-refractivity contribution >= 4 is 20.0 Å². The monoisotopic (exact) mass is 230 g/mol. The number of alkyl halides is 1. The molecular weight excluding hydrogens is 214 g/mol. The van der Waals surface area contributed by atoms with E-state index in [4.69, 9.17) is 30.1 Å². The molecule has 1 unspecified atom stereocenters. The number of rotatable bonds is 8. The highest BCUT2D eigenvalue weighted by atomic mass is 35.5. The highest BCUT2D eigenvalue weighted by Crippen LogP contribution is 2.38. The zero-order chi connectivity index (χ0) is 10.1. The Hall–Kier alpha value is 0.560. The van der Waals surface area contributed by atoms with Crippen molar-refractivity contribution in [3.05, 3.63) is 0 Å². The van der Waals surface area contributed by atoms with Gasteiger partial charge in [-0.25, -0.2) is 0 Å². The van der Waals surface area contributed by atoms with Crippen LogP contribution in [-0.4, -0.2) is 32.4 Å². The van der Waals surface area contributed by atoms with E-state index in [9.17, 15) is 0 Å². The van der Waals surface area contributed by atoms with Crippen molar-refractivity contribution in [3.8, 4) is 0 Å². The van der Waals surface area contributed by atoms with Gasteiger partial charge in [-0.05, 0) is 13.8 Å². The first-order valence-electron chi connectivity index (χ1n) is 4.06. The summed E-state index contributed by atoms with van der Waals surface area (Å²) in [6, 6.07) is 0. The van der Waals surface area contributed by atoms with Crippen molar-refractivity contribution in [1.82, 2.24) is 0 Å². The van der Waals surface area contributed by atoms with E-state index in [0.29, 0.717) is 19.6 Å². The highest BCUT2D eigenvalue weighted by Gasteiger charge is 2.12. The fraction of sp³-hybridized carbons (Fsp3) is 1.00. The summed E-state index contributed by atoms with van der Waals surface area (Å²) in [7, 11) is 0.488. The molecule has 0 aliphatic heterocycles. The standard InChI is InChI=1S/C7H16ClO4P/c1-4-11-13(12-5-2)6-10-7(8)9-3/h7H,4-6H2,1-3H3. The molecule has 0 aliphatic rings. The van der Waals surface area contributed by atoms with Crippen molar-refractivity contribution < 1.29 is 18.5 Å². The van der Waals surface area contributed by atoms with Gasteiger partial charge in [0.1, 0.15) is 6.35 Å². The molecule has 0 bridgehead atoms. The maximum absolute atomic E-state index is 5.56. The van der Waals surface area contributed by atoms with Crippen LogP contribution in [0.4, 0.5) is 0 Å². The minimum Gasteiger partial charge on any atom is -0.343 e. The van der Waals surface area contributed by atoms with E-state index in [1.807, 2.05) is 13.8 Å². The summed E-state index contributed by atoms with van der Waals surface area (Å²) in [6.07, 6.45) is 0.332. The normalized spacial score (nSPS) is 13.6. The lowest BCUT2D eigenvalue weighted by atomic mass is 10.9. The van der Waals surface area contributed by atoms with E-state index in [0.717, 1.165) is 0 Å². The van der Waals surface area contributed by atoms with Gasteiger partial charge in [0.2, 0.25) is 5.75 Å². The molecule has 0 aromatic heterocycles. The first kappa shape index (κ1) is 13.6. The average molecular weight is 231 g/mol. The third-order valence-electron chi connectivity index (χ3n) is 1.04. The molecule has 0 N–H and O–H groups in total. The molecule has 0 aliphatic carbocycles. The summed E-state index contributed by atoms with van der Waals surface area (Å²) < 4.78 is 20.3. The van der Waals surface area contributed by atoms with Crippen LogP contribution < -0.4 is 0 Å². The molecular formula is C7H16ClO4P. The van der Waals surface area contributed by atoms with Crippen LogP contribution in [0.3, 0.4) is 0 Å². The van der Waals surface area contributed by atoms with E-state index in [-0.39, 0.29) is 0 Å². The van der Waals surface area contributed by atoms with Gasteiger partial charge in [0, 0.05) is 7.11 Å². The predicted octanol–water partition coefficient (Wildman–Crippen LogP) is 2.51. The maximum atomic E-state index is 5.56. The van der Waals surface area contributed by atoms with Crippen LogP contribution in [0.25, 0.3) is 0 Å². The summed E-state index contributed by atoms with van der Waals surface area (Å²) in [5.41, 5.74) is 0. The molecule has 0 aromatic carbocycles. The fourth-order valence-corrected chi connectivity index (χ4v) is 1.79. The van der Waals surface area contributed by atoms with Crippen molar-refractivity contribution in [2.45, 2.75) is 19.6 Å². The third-order valence-corrected chi connectivity index (χ3v) is 2.80. The lowest BCUT2D eigenvalue weighted by Crippen LogP contribution is -2.09. The summed E-state index contributed by atoms with van der Waals surface area (Å²) in [4.78, 5) is 0. The first-order valence-corrected chi connectivity index (χ1v) is 5.86. The Morgan fingerprint density at radius 2 is 1.77 bits per heavy atom. The van der Waals surface area contributed by atoms with Crippen LogP contribution in [-0.2, 0) is 18.5 Å². The molecule has 0 rings (SSSR count). The molecule has 0 fully saturated rings. The smallest absolute Gasteiger partial charge is 0.237 e. The zero-order valence-electron chi connectivity index (χ0n) is 8.16. The van der Waals surface area contributed by atoms with Crippen molar-refractivity contribution in [1.29, 1.82) is 0 Å². The molecule has 0 aromatic rings. The third kappa shape index (κ3) is 7.62. The maximum Gasteiger partial charge on any atom is 0.237 e. The lowest BCUT2D eigenvalue weighted by molar-refractivity contribution is -0.0523. The minimum absolute atomic E-state index is 0.332. The van der Waals surface area contributed by atoms with Crippen LogP contribution in [0.1, 0.15) is 13.8 Å². The summed E-state index contributed by atoms with van der Waals surface area (Å²) >= 11 is 5.56. The topological polar surface area (TPSA) is 36.9 Å². The van der Waals surface area contributed by atoms with Crippen molar-refractivity contribution in [2.24, 2.45) is 0 Å². The molecule has 0 radical (unpaired) electrons. The summed E-state index contributed by atoms with van der Waals surface area (Å²) in [5, 5.41) is 0. The Bertz CT molecular complexity index is 111. The SMILES string of the molecule is CCOP(COC(Cl)OC)OCC. The van der Waals surface area contributed by atoms with Gasteiger partial charge in [-0.2, -0.15) is 0 Å². The van der Waals surface area contributed by atoms with E-state index in [1.165, 1.54) is 7.11 Å². The zero-order valence-corrected chi connectivity index (χ0v) is 9.81. The van der Waals surface area contributed by atoms with E-state index in [1.54, 1.807) is 0 Å². The number of hydrogen-bond acceptors (Lipinski definition) is 4. The van der Waals surface area contributed by atoms with Gasteiger partial charge in [0.25, 0.3) is 0 Å². The molecule has 0 saturated heterocycles. The molecule has 6 heteroatoms. The summed E-state index contributed by atoms with van der Waals surface area (Å²) in [5.74, 6) is -0.731. The Labute approximate surface area is 85.4 Å². The molecule has 1 atom stereocenters. The van der Waals surface area contributed by atoms with Gasteiger partial charge in [-0.3, -0.25) is 0 Å². The number of halogens is 1. The molecule has 13 heavy (non-hydrogen) atoms. The highest BCUT2D eigenvalue weighted by molar-refractivity contribution is 7.47. The van der Waals surface area contributed by atoms with Gasteiger partial charge in [-0.15, -0.1) is 0 Å². The van der Waals surface area contributed by atoms with Gasteiger partial charge in [0.05, 0.1) is 13.2 Å². The van der Waals surface area contributed by atoms with Gasteiger partial charge < -0.3 is 18.5 Å². The molecule has 0 heterocycles. The second-order valence-corrected chi connectivity index (χ2v) is 3.77. The lowest BCUT2D eigenvalue weighted by Gasteiger charge is -2.16. The number of hydrogen-bond donors (Lipinski definition) is 0. The number of methoxy groups -OCH3 is 1. The summed E-state index contributed by atoms with van der Waals surface area (Å²) in [6.45, 7) is 5.02. The quantitative estimate of drug-likeness (QED) is 0.365. The van der Waals surface area contributed by atoms with Crippen LogP contribution >= 0.6 is 20.0 Å². The Kier molecular flexibility index (Phi) is 9.52. The van der Waals surface area contributed by atoms with E-state index in [2.05, 4.69) is 0 Å². The second-order valence-electron chi connectivity index (χ2n) is 1.97. The molecule has 80 valence electrons. The van der Waals surface area contributed by atoms with E-state index < -0.39 is 14.1 Å². The molecule has 0 amide bonds. The Morgan fingerprint density at radius 3 is 2.15 bits per heavy atom. The predicted molar refractivity (Wildman–Crippen MR) is 52.8 cm³/mol. The van der Waals surface area contributed by atoms with Crippen LogP contribution in [0.5, 0.6) is 0 Å². The Balaban J connectivity index is 3.55. The van der Waals surface area contributed by atoms with Crippen LogP contribution in [0.15, 0.2) is 0 Å². The molecule has 4 nitrogen and oxygen atoms in total. The molecule has 0 saturated carbocycles. The van der Waals surface area contributed by atoms with Gasteiger partial charge >= 0.3 is 0 Å². The second kappa shape index (κ2) is 9.13. The van der Waals surface area contributed by atoms with Crippen LogP contribution in [0.2, 0.25) is 0 Å². The number of ether oxygens (including phenoxy) is 2. The largest absolute Gasteiger partial charge is 0.343 e. The van der Waals surface area contributed by atoms with Crippen molar-refractivity contribution in [2.75, 3.05) is 26.7 Å². The minimum atomic E-state index is -0.986. The van der Waals surface area contributed by atoms with Crippen LogP contribution in [0, 0.1) is 0 Å². The first-order chi connectivity index (χ1) is 6.24.